The van der Waals surface area contributed by atoms with Crippen LogP contribution in [0.3, 0.4) is 0 Å². The third-order valence-corrected chi connectivity index (χ3v) is 6.42. The van der Waals surface area contributed by atoms with Gasteiger partial charge in [0.25, 0.3) is 5.56 Å². The zero-order valence-electron chi connectivity index (χ0n) is 15.4. The maximum Gasteiger partial charge on any atom is 0.272 e. The molecule has 0 aliphatic carbocycles. The van der Waals surface area contributed by atoms with Gasteiger partial charge in [0.2, 0.25) is 11.7 Å². The van der Waals surface area contributed by atoms with Crippen LogP contribution in [0.2, 0.25) is 0 Å². The summed E-state index contributed by atoms with van der Waals surface area (Å²) >= 11 is 4.86. The molecule has 144 valence electrons. The van der Waals surface area contributed by atoms with E-state index in [1.54, 1.807) is 7.05 Å². The Morgan fingerprint density at radius 3 is 2.89 bits per heavy atom. The molecule has 0 aliphatic heterocycles. The number of hydrogen-bond acceptors (Lipinski definition) is 5. The molecule has 1 N–H and O–H groups in total. The number of anilines is 1. The molecule has 0 radical (unpaired) electrons. The Kier molecular flexibility index (Phi) is 5.03. The second-order valence-corrected chi connectivity index (χ2v) is 8.39. The molecule has 0 saturated carbocycles. The van der Waals surface area contributed by atoms with Crippen LogP contribution in [0.1, 0.15) is 24.2 Å². The molecule has 0 spiro atoms. The Balaban J connectivity index is 1.48. The van der Waals surface area contributed by atoms with Gasteiger partial charge in [0, 0.05) is 30.0 Å². The van der Waals surface area contributed by atoms with Gasteiger partial charge in [-0.25, -0.2) is 0 Å². The molecule has 0 atom stereocenters. The summed E-state index contributed by atoms with van der Waals surface area (Å²) in [5.41, 5.74) is 2.60. The number of rotatable bonds is 5. The summed E-state index contributed by atoms with van der Waals surface area (Å²) in [4.78, 5) is 24.6. The third kappa shape index (κ3) is 3.35. The predicted molar refractivity (Wildman–Crippen MR) is 114 cm³/mol. The topological polar surface area (TPSA) is 81.3 Å². The van der Waals surface area contributed by atoms with Crippen molar-refractivity contribution in [1.29, 1.82) is 0 Å². The second kappa shape index (κ2) is 7.48. The Morgan fingerprint density at radius 2 is 2.11 bits per heavy atom. The number of fused-ring (bicyclic) bond motifs is 3. The number of halogens is 1. The van der Waals surface area contributed by atoms with E-state index in [1.807, 2.05) is 41.0 Å². The van der Waals surface area contributed by atoms with Crippen LogP contribution in [0.5, 0.6) is 0 Å². The number of carbonyl (C=O) groups is 1. The number of nitrogens with zero attached hydrogens (tertiary/aromatic N) is 4. The van der Waals surface area contributed by atoms with Gasteiger partial charge in [-0.05, 0) is 48.6 Å². The zero-order chi connectivity index (χ0) is 19.8. The van der Waals surface area contributed by atoms with Crippen molar-refractivity contribution in [3.05, 3.63) is 55.9 Å². The lowest BCUT2D eigenvalue weighted by atomic mass is 10.2. The molecule has 7 nitrogen and oxygen atoms in total. The Morgan fingerprint density at radius 1 is 1.29 bits per heavy atom. The van der Waals surface area contributed by atoms with Crippen molar-refractivity contribution >= 4 is 54.9 Å². The number of hydrogen-bond donors (Lipinski definition) is 1. The van der Waals surface area contributed by atoms with Gasteiger partial charge in [-0.3, -0.25) is 18.6 Å². The molecule has 0 bridgehead atoms. The number of aryl methyl sites for hydroxylation is 3. The first-order valence-electron chi connectivity index (χ1n) is 8.82. The first-order valence-corrected chi connectivity index (χ1v) is 10.5. The number of thiophene rings is 1. The van der Waals surface area contributed by atoms with Gasteiger partial charge in [-0.1, -0.05) is 15.9 Å². The maximum atomic E-state index is 12.4. The highest BCUT2D eigenvalue weighted by Crippen LogP contribution is 2.21. The van der Waals surface area contributed by atoms with E-state index < -0.39 is 0 Å². The summed E-state index contributed by atoms with van der Waals surface area (Å²) in [7, 11) is 1.70. The Hall–Kier alpha value is -2.52. The van der Waals surface area contributed by atoms with Crippen molar-refractivity contribution in [2.75, 3.05) is 5.32 Å². The summed E-state index contributed by atoms with van der Waals surface area (Å²) < 4.78 is 5.11. The van der Waals surface area contributed by atoms with E-state index >= 15 is 0 Å². The molecule has 4 aromatic rings. The molecular weight excluding hydrogens is 442 g/mol. The summed E-state index contributed by atoms with van der Waals surface area (Å²) in [6.45, 7) is 1.98. The van der Waals surface area contributed by atoms with E-state index in [0.29, 0.717) is 29.7 Å². The summed E-state index contributed by atoms with van der Waals surface area (Å²) in [6.07, 6.45) is 1.61. The Labute approximate surface area is 173 Å². The first-order chi connectivity index (χ1) is 13.5. The van der Waals surface area contributed by atoms with E-state index in [-0.39, 0.29) is 11.5 Å². The van der Waals surface area contributed by atoms with Crippen LogP contribution in [-0.4, -0.2) is 25.1 Å². The minimum Gasteiger partial charge on any atom is -0.326 e. The zero-order valence-corrected chi connectivity index (χ0v) is 17.8. The lowest BCUT2D eigenvalue weighted by Crippen LogP contribution is -2.19. The largest absolute Gasteiger partial charge is 0.326 e. The molecule has 0 saturated heterocycles. The van der Waals surface area contributed by atoms with Crippen molar-refractivity contribution in [2.45, 2.75) is 26.2 Å². The van der Waals surface area contributed by atoms with E-state index in [1.165, 1.54) is 15.9 Å². The van der Waals surface area contributed by atoms with Crippen LogP contribution in [-0.2, 0) is 18.3 Å². The van der Waals surface area contributed by atoms with Gasteiger partial charge in [0.05, 0.1) is 5.52 Å². The lowest BCUT2D eigenvalue weighted by molar-refractivity contribution is -0.116. The smallest absolute Gasteiger partial charge is 0.272 e. The van der Waals surface area contributed by atoms with Crippen molar-refractivity contribution in [2.24, 2.45) is 7.05 Å². The highest BCUT2D eigenvalue weighted by Gasteiger charge is 2.15. The maximum absolute atomic E-state index is 12.4. The highest BCUT2D eigenvalue weighted by molar-refractivity contribution is 9.10. The van der Waals surface area contributed by atoms with E-state index in [0.717, 1.165) is 27.1 Å². The van der Waals surface area contributed by atoms with Crippen LogP contribution in [0.15, 0.2) is 38.9 Å². The number of amides is 1. The summed E-state index contributed by atoms with van der Waals surface area (Å²) in [5, 5.41) is 13.2. The molecule has 3 aromatic heterocycles. The molecule has 1 amide bonds. The highest BCUT2D eigenvalue weighted by atomic mass is 79.9. The van der Waals surface area contributed by atoms with Crippen LogP contribution >= 0.6 is 27.3 Å². The van der Waals surface area contributed by atoms with Gasteiger partial charge in [0.15, 0.2) is 0 Å². The fourth-order valence-corrected chi connectivity index (χ4v) is 4.27. The molecule has 28 heavy (non-hydrogen) atoms. The number of benzene rings is 1. The Bertz CT molecular complexity index is 1260. The van der Waals surface area contributed by atoms with Crippen molar-refractivity contribution in [3.63, 3.8) is 0 Å². The van der Waals surface area contributed by atoms with Crippen molar-refractivity contribution < 1.29 is 4.79 Å². The van der Waals surface area contributed by atoms with Crippen LogP contribution in [0.4, 0.5) is 5.69 Å². The van der Waals surface area contributed by atoms with Gasteiger partial charge in [0.1, 0.15) is 10.5 Å². The average molecular weight is 460 g/mol. The molecule has 1 aromatic carbocycles. The minimum absolute atomic E-state index is 0.0383. The fourth-order valence-electron chi connectivity index (χ4n) is 3.17. The van der Waals surface area contributed by atoms with Gasteiger partial charge < -0.3 is 5.32 Å². The standard InChI is InChI=1S/C19H18BrN5O2S/c1-11-10-12(6-7-13(11)20)21-16(26)5-3-4-15-22-23-19-24(2)18(27)17-14(25(15)19)8-9-28-17/h6-10H,3-5H2,1-2H3,(H,21,26). The lowest BCUT2D eigenvalue weighted by Gasteiger charge is -2.07. The monoisotopic (exact) mass is 459 g/mol. The van der Waals surface area contributed by atoms with E-state index in [2.05, 4.69) is 31.4 Å². The van der Waals surface area contributed by atoms with E-state index in [4.69, 9.17) is 0 Å². The van der Waals surface area contributed by atoms with E-state index in [9.17, 15) is 9.59 Å². The van der Waals surface area contributed by atoms with Gasteiger partial charge >= 0.3 is 0 Å². The quantitative estimate of drug-likeness (QED) is 0.493. The average Bonchev–Trinajstić information content (AvgIpc) is 3.30. The molecule has 0 fully saturated rings. The number of carbonyl (C=O) groups excluding carboxylic acids is 1. The van der Waals surface area contributed by atoms with Crippen molar-refractivity contribution in [3.8, 4) is 0 Å². The number of nitrogens with one attached hydrogen (secondary N) is 1. The molecular formula is C19H18BrN5O2S. The molecule has 4 rings (SSSR count). The third-order valence-electron chi connectivity index (χ3n) is 4.64. The predicted octanol–water partition coefficient (Wildman–Crippen LogP) is 3.68. The molecule has 9 heteroatoms. The van der Waals surface area contributed by atoms with Crippen LogP contribution < -0.4 is 10.9 Å². The first kappa shape index (κ1) is 18.8. The van der Waals surface area contributed by atoms with Gasteiger partial charge in [-0.2, -0.15) is 0 Å². The SMILES string of the molecule is Cc1cc(NC(=O)CCCc2nnc3n(C)c(=O)c4sccc4n23)ccc1Br. The van der Waals surface area contributed by atoms with Crippen LogP contribution in [0, 0.1) is 6.92 Å². The minimum atomic E-state index is -0.0689. The second-order valence-electron chi connectivity index (χ2n) is 6.62. The van der Waals surface area contributed by atoms with Crippen LogP contribution in [0.25, 0.3) is 16.0 Å². The fraction of sp³-hybridized carbons (Fsp3) is 0.263. The molecule has 3 heterocycles. The summed E-state index contributed by atoms with van der Waals surface area (Å²) in [6, 6.07) is 7.63. The summed E-state index contributed by atoms with van der Waals surface area (Å²) in [5.74, 6) is 1.23. The normalized spacial score (nSPS) is 11.4. The molecule has 0 aliphatic rings. The van der Waals surface area contributed by atoms with Gasteiger partial charge in [-0.15, -0.1) is 21.5 Å². The van der Waals surface area contributed by atoms with Crippen molar-refractivity contribution in [1.82, 2.24) is 19.2 Å². The number of aromatic nitrogens is 4. The molecule has 0 unspecified atom stereocenters.